The van der Waals surface area contributed by atoms with Gasteiger partial charge in [0, 0.05) is 5.92 Å². The lowest BCUT2D eigenvalue weighted by Gasteiger charge is -2.46. The molecule has 0 fully saturated rings. The molecular formula is C17H31O5P. The van der Waals surface area contributed by atoms with Crippen molar-refractivity contribution in [2.24, 2.45) is 16.7 Å². The lowest BCUT2D eigenvalue weighted by molar-refractivity contribution is -0.188. The third-order valence-electron chi connectivity index (χ3n) is 3.99. The molecule has 6 heteroatoms. The second-order valence-corrected chi connectivity index (χ2v) is 10.2. The highest BCUT2D eigenvalue weighted by Gasteiger charge is 2.49. The minimum absolute atomic E-state index is 0.136. The Kier molecular flexibility index (Phi) is 5.78. The molecule has 0 saturated carbocycles. The molecule has 3 N–H and O–H groups in total. The van der Waals surface area contributed by atoms with Crippen LogP contribution in [0.2, 0.25) is 0 Å². The lowest BCUT2D eigenvalue weighted by Crippen LogP contribution is -2.49. The monoisotopic (exact) mass is 346 g/mol. The van der Waals surface area contributed by atoms with E-state index in [9.17, 15) is 19.7 Å². The Bertz CT molecular complexity index is 546. The van der Waals surface area contributed by atoms with Crippen LogP contribution in [0.15, 0.2) is 23.3 Å². The van der Waals surface area contributed by atoms with Gasteiger partial charge in [-0.3, -0.25) is 4.57 Å². The van der Waals surface area contributed by atoms with Crippen LogP contribution in [0, 0.1) is 16.7 Å². The van der Waals surface area contributed by atoms with Gasteiger partial charge in [-0.25, -0.2) is 0 Å². The molecule has 0 saturated heterocycles. The fraction of sp³-hybridized carbons (Fsp3) is 0.765. The number of aliphatic hydroxyl groups is 2. The molecule has 2 atom stereocenters. The van der Waals surface area contributed by atoms with Crippen LogP contribution in [0.3, 0.4) is 0 Å². The van der Waals surface area contributed by atoms with E-state index in [1.807, 2.05) is 41.5 Å². The van der Waals surface area contributed by atoms with E-state index in [0.29, 0.717) is 11.1 Å². The van der Waals surface area contributed by atoms with E-state index in [1.54, 1.807) is 19.1 Å². The molecule has 0 aromatic rings. The average Bonchev–Trinajstić information content (AvgIpc) is 2.27. The Labute approximate surface area is 139 Å². The van der Waals surface area contributed by atoms with Crippen molar-refractivity contribution in [3.05, 3.63) is 23.3 Å². The van der Waals surface area contributed by atoms with Crippen molar-refractivity contribution in [3.63, 3.8) is 0 Å². The first-order valence-corrected chi connectivity index (χ1v) is 9.72. The van der Waals surface area contributed by atoms with Crippen LogP contribution < -0.4 is 0 Å². The third-order valence-corrected chi connectivity index (χ3v) is 5.42. The maximum absolute atomic E-state index is 12.1. The van der Waals surface area contributed by atoms with E-state index < -0.39 is 30.1 Å². The Morgan fingerprint density at radius 1 is 1.22 bits per heavy atom. The van der Waals surface area contributed by atoms with Gasteiger partial charge >= 0.3 is 7.60 Å². The maximum Gasteiger partial charge on any atom is 0.332 e. The van der Waals surface area contributed by atoms with Gasteiger partial charge in [-0.1, -0.05) is 53.7 Å². The van der Waals surface area contributed by atoms with E-state index >= 15 is 0 Å². The van der Waals surface area contributed by atoms with Crippen LogP contribution in [0.5, 0.6) is 0 Å². The molecule has 5 nitrogen and oxygen atoms in total. The Hall–Kier alpha value is -0.450. The first kappa shape index (κ1) is 20.6. The van der Waals surface area contributed by atoms with Crippen molar-refractivity contribution >= 4 is 7.60 Å². The van der Waals surface area contributed by atoms with E-state index in [1.165, 1.54) is 0 Å². The largest absolute Gasteiger partial charge is 0.362 e. The Morgan fingerprint density at radius 2 is 1.74 bits per heavy atom. The molecule has 23 heavy (non-hydrogen) atoms. The molecule has 0 spiro atoms. The van der Waals surface area contributed by atoms with Crippen molar-refractivity contribution in [2.75, 3.05) is 12.8 Å². The highest BCUT2D eigenvalue weighted by molar-refractivity contribution is 7.53. The zero-order valence-electron chi connectivity index (χ0n) is 15.3. The Balaban J connectivity index is 3.37. The van der Waals surface area contributed by atoms with Crippen molar-refractivity contribution < 1.29 is 24.2 Å². The maximum atomic E-state index is 12.1. The van der Waals surface area contributed by atoms with Gasteiger partial charge in [0.25, 0.3) is 0 Å². The second kappa shape index (κ2) is 6.45. The quantitative estimate of drug-likeness (QED) is 0.536. The standard InChI is InChI=1S/C17H31O5P/c1-8-22-23(20,21)11-12-9-13(15(2,3)4)17(18,19)14(10-12)16(5,6)7/h9-10,13,18-19H,8,11H2,1-7H3,(H,20,21). The molecule has 0 aromatic heterocycles. The van der Waals surface area contributed by atoms with Crippen molar-refractivity contribution in [3.8, 4) is 0 Å². The summed E-state index contributed by atoms with van der Waals surface area (Å²) < 4.78 is 17.0. The van der Waals surface area contributed by atoms with Crippen molar-refractivity contribution in [1.82, 2.24) is 0 Å². The number of rotatable bonds is 4. The van der Waals surface area contributed by atoms with Gasteiger partial charge in [0.05, 0.1) is 12.8 Å². The lowest BCUT2D eigenvalue weighted by atomic mass is 9.65. The normalized spacial score (nSPS) is 24.7. The summed E-state index contributed by atoms with van der Waals surface area (Å²) in [5.74, 6) is -2.59. The van der Waals surface area contributed by atoms with Gasteiger partial charge < -0.3 is 19.6 Å². The number of hydrogen-bond acceptors (Lipinski definition) is 4. The summed E-state index contributed by atoms with van der Waals surface area (Å²) in [5.41, 5.74) is 0.133. The molecule has 0 amide bonds. The predicted molar refractivity (Wildman–Crippen MR) is 92.1 cm³/mol. The number of hydrogen-bond donors (Lipinski definition) is 3. The van der Waals surface area contributed by atoms with Crippen LogP contribution in [0.25, 0.3) is 0 Å². The Morgan fingerprint density at radius 3 is 2.13 bits per heavy atom. The molecule has 0 bridgehead atoms. The summed E-state index contributed by atoms with van der Waals surface area (Å²) in [6.07, 6.45) is 3.18. The summed E-state index contributed by atoms with van der Waals surface area (Å²) >= 11 is 0. The highest BCUT2D eigenvalue weighted by Crippen LogP contribution is 2.50. The first-order valence-electron chi connectivity index (χ1n) is 7.95. The molecule has 0 aliphatic heterocycles. The zero-order valence-corrected chi connectivity index (χ0v) is 16.1. The summed E-state index contributed by atoms with van der Waals surface area (Å²) in [7, 11) is -3.74. The third kappa shape index (κ3) is 5.01. The highest BCUT2D eigenvalue weighted by atomic mass is 31.2. The molecule has 134 valence electrons. The van der Waals surface area contributed by atoms with Gasteiger partial charge in [0.2, 0.25) is 0 Å². The smallest absolute Gasteiger partial charge is 0.332 e. The minimum Gasteiger partial charge on any atom is -0.362 e. The summed E-state index contributed by atoms with van der Waals surface area (Å²) in [4.78, 5) is 9.91. The molecule has 0 aromatic carbocycles. The molecule has 1 aliphatic carbocycles. The summed E-state index contributed by atoms with van der Waals surface area (Å²) in [5, 5.41) is 21.5. The van der Waals surface area contributed by atoms with Crippen LogP contribution in [0.4, 0.5) is 0 Å². The first-order chi connectivity index (χ1) is 10.1. The average molecular weight is 346 g/mol. The van der Waals surface area contributed by atoms with Crippen molar-refractivity contribution in [2.45, 2.75) is 54.3 Å². The van der Waals surface area contributed by atoms with Crippen LogP contribution in [0.1, 0.15) is 48.5 Å². The fourth-order valence-corrected chi connectivity index (χ4v) is 4.19. The van der Waals surface area contributed by atoms with Gasteiger partial charge in [-0.15, -0.1) is 0 Å². The van der Waals surface area contributed by atoms with Crippen LogP contribution >= 0.6 is 7.60 Å². The van der Waals surface area contributed by atoms with Crippen LogP contribution in [-0.4, -0.2) is 33.7 Å². The van der Waals surface area contributed by atoms with Crippen molar-refractivity contribution in [1.29, 1.82) is 0 Å². The second-order valence-electron chi connectivity index (χ2n) is 8.33. The van der Waals surface area contributed by atoms with Gasteiger partial charge in [-0.2, -0.15) is 0 Å². The van der Waals surface area contributed by atoms with Gasteiger partial charge in [0.1, 0.15) is 0 Å². The molecule has 1 rings (SSSR count). The van der Waals surface area contributed by atoms with E-state index in [4.69, 9.17) is 4.52 Å². The predicted octanol–water partition coefficient (Wildman–Crippen LogP) is 3.46. The van der Waals surface area contributed by atoms with Gasteiger partial charge in [0.15, 0.2) is 5.79 Å². The molecular weight excluding hydrogens is 315 g/mol. The summed E-state index contributed by atoms with van der Waals surface area (Å²) in [6.45, 7) is 13.2. The molecule has 0 radical (unpaired) electrons. The molecule has 0 heterocycles. The SMILES string of the molecule is CCOP(=O)(O)CC1=CC(C(C)(C)C)C(O)(O)C(C(C)(C)C)=C1. The number of allylic oxidation sites excluding steroid dienone is 2. The minimum atomic E-state index is -3.74. The van der Waals surface area contributed by atoms with E-state index in [-0.39, 0.29) is 12.8 Å². The molecule has 2 unspecified atom stereocenters. The van der Waals surface area contributed by atoms with Crippen LogP contribution in [-0.2, 0) is 9.09 Å². The van der Waals surface area contributed by atoms with E-state index in [2.05, 4.69) is 0 Å². The van der Waals surface area contributed by atoms with E-state index in [0.717, 1.165) is 0 Å². The van der Waals surface area contributed by atoms with Gasteiger partial charge in [-0.05, 0) is 28.9 Å². The summed E-state index contributed by atoms with van der Waals surface area (Å²) in [6, 6.07) is 0. The zero-order chi connectivity index (χ0) is 18.3. The fourth-order valence-electron chi connectivity index (χ4n) is 3.04. The molecule has 1 aliphatic rings. The topological polar surface area (TPSA) is 87.0 Å².